The quantitative estimate of drug-likeness (QED) is 0.305. The summed E-state index contributed by atoms with van der Waals surface area (Å²) >= 11 is 6.73. The smallest absolute Gasteiger partial charge is 0.316 e. The van der Waals surface area contributed by atoms with Crippen molar-refractivity contribution >= 4 is 23.2 Å². The molecule has 0 radical (unpaired) electrons. The second-order valence-corrected chi connectivity index (χ2v) is 8.38. The number of nitrogens with one attached hydrogen (secondary N) is 2. The Labute approximate surface area is 212 Å². The number of halogens is 1. The van der Waals surface area contributed by atoms with Gasteiger partial charge in [0.05, 0.1) is 11.6 Å². The molecule has 0 saturated heterocycles. The average Bonchev–Trinajstić information content (AvgIpc) is 3.39. The normalized spacial score (nSPS) is 12.4. The molecular weight excluding hydrogens is 484 g/mol. The minimum absolute atomic E-state index is 0.0551. The van der Waals surface area contributed by atoms with Crippen LogP contribution in [-0.4, -0.2) is 47.5 Å². The van der Waals surface area contributed by atoms with Crippen molar-refractivity contribution in [2.45, 2.75) is 6.54 Å². The summed E-state index contributed by atoms with van der Waals surface area (Å²) in [6, 6.07) is 18.4. The molecule has 4 aromatic rings. The van der Waals surface area contributed by atoms with Gasteiger partial charge in [0.1, 0.15) is 13.2 Å². The zero-order chi connectivity index (χ0) is 24.9. The number of amides is 1. The van der Waals surface area contributed by atoms with Crippen LogP contribution in [0.2, 0.25) is 5.02 Å². The predicted octanol–water partition coefficient (Wildman–Crippen LogP) is 4.16. The van der Waals surface area contributed by atoms with Crippen molar-refractivity contribution in [3.8, 4) is 34.0 Å². The Hall–Kier alpha value is -3.92. The summed E-state index contributed by atoms with van der Waals surface area (Å²) in [6.45, 7) is 2.11. The second kappa shape index (κ2) is 10.8. The van der Waals surface area contributed by atoms with E-state index in [1.54, 1.807) is 12.1 Å². The van der Waals surface area contributed by atoms with Crippen LogP contribution in [0.25, 0.3) is 22.5 Å². The first kappa shape index (κ1) is 23.8. The van der Waals surface area contributed by atoms with Gasteiger partial charge in [0.2, 0.25) is 5.82 Å². The number of carbonyl (C=O) groups is 1. The van der Waals surface area contributed by atoms with Crippen molar-refractivity contribution in [2.24, 2.45) is 0 Å². The van der Waals surface area contributed by atoms with Gasteiger partial charge in [-0.3, -0.25) is 4.79 Å². The third-order valence-electron chi connectivity index (χ3n) is 5.52. The molecule has 10 heteroatoms. The van der Waals surface area contributed by atoms with Crippen molar-refractivity contribution in [1.82, 2.24) is 15.5 Å². The Balaban J connectivity index is 1.34. The summed E-state index contributed by atoms with van der Waals surface area (Å²) in [5.41, 5.74) is 3.68. The topological polar surface area (TPSA) is 119 Å². The summed E-state index contributed by atoms with van der Waals surface area (Å²) in [6.07, 6.45) is 0. The largest absolute Gasteiger partial charge is 0.486 e. The highest BCUT2D eigenvalue weighted by molar-refractivity contribution is 6.36. The van der Waals surface area contributed by atoms with Gasteiger partial charge < -0.3 is 29.7 Å². The number of anilines is 1. The SMILES string of the molecule is O=C(Nc1cccc(CNCCO)c1)c1nc(-c2cccc(-c3ccc4c(c3)OCCO4)c2Cl)no1. The number of nitrogens with zero attached hydrogens (tertiary/aromatic N) is 2. The summed E-state index contributed by atoms with van der Waals surface area (Å²) in [5, 5.41) is 19.2. The van der Waals surface area contributed by atoms with Gasteiger partial charge in [0.15, 0.2) is 11.5 Å². The lowest BCUT2D eigenvalue weighted by molar-refractivity contribution is 0.0981. The summed E-state index contributed by atoms with van der Waals surface area (Å²) in [7, 11) is 0. The standard InChI is InChI=1S/C26H23ClN4O5/c27-23-19(17-7-8-21-22(14-17)35-12-11-34-21)5-2-6-20(23)24-30-26(36-31-24)25(33)29-18-4-1-3-16(13-18)15-28-9-10-32/h1-8,13-14,28,32H,9-12,15H2,(H,29,33). The Morgan fingerprint density at radius 2 is 1.81 bits per heavy atom. The molecule has 5 rings (SSSR count). The Kier molecular flexibility index (Phi) is 7.13. The fourth-order valence-corrected chi connectivity index (χ4v) is 4.14. The van der Waals surface area contributed by atoms with Crippen molar-refractivity contribution in [1.29, 1.82) is 0 Å². The van der Waals surface area contributed by atoms with Crippen LogP contribution in [0.1, 0.15) is 16.2 Å². The van der Waals surface area contributed by atoms with E-state index in [0.29, 0.717) is 54.1 Å². The van der Waals surface area contributed by atoms with Gasteiger partial charge in [-0.05, 0) is 41.5 Å². The summed E-state index contributed by atoms with van der Waals surface area (Å²) < 4.78 is 16.5. The average molecular weight is 507 g/mol. The molecule has 1 aliphatic heterocycles. The predicted molar refractivity (Wildman–Crippen MR) is 134 cm³/mol. The zero-order valence-corrected chi connectivity index (χ0v) is 19.9. The Morgan fingerprint density at radius 1 is 1.00 bits per heavy atom. The zero-order valence-electron chi connectivity index (χ0n) is 19.2. The van der Waals surface area contributed by atoms with E-state index in [0.717, 1.165) is 16.7 Å². The first-order valence-corrected chi connectivity index (χ1v) is 11.7. The molecule has 1 aliphatic rings. The van der Waals surface area contributed by atoms with Gasteiger partial charge in [-0.15, -0.1) is 0 Å². The number of carbonyl (C=O) groups excluding carboxylic acids is 1. The molecule has 2 heterocycles. The maximum atomic E-state index is 12.7. The molecule has 0 bridgehead atoms. The van der Waals surface area contributed by atoms with Crippen molar-refractivity contribution in [3.05, 3.63) is 77.1 Å². The second-order valence-electron chi connectivity index (χ2n) is 8.00. The van der Waals surface area contributed by atoms with E-state index in [1.807, 2.05) is 48.5 Å². The van der Waals surface area contributed by atoms with Crippen LogP contribution >= 0.6 is 11.6 Å². The van der Waals surface area contributed by atoms with Crippen LogP contribution in [0, 0.1) is 0 Å². The van der Waals surface area contributed by atoms with Gasteiger partial charge in [-0.1, -0.05) is 47.1 Å². The Morgan fingerprint density at radius 3 is 2.67 bits per heavy atom. The number of ether oxygens (including phenoxy) is 2. The number of hydrogen-bond acceptors (Lipinski definition) is 8. The van der Waals surface area contributed by atoms with E-state index in [4.69, 9.17) is 30.7 Å². The first-order chi connectivity index (χ1) is 17.6. The van der Waals surface area contributed by atoms with E-state index >= 15 is 0 Å². The van der Waals surface area contributed by atoms with Crippen LogP contribution in [0.15, 0.2) is 65.2 Å². The van der Waals surface area contributed by atoms with E-state index < -0.39 is 5.91 Å². The highest BCUT2D eigenvalue weighted by atomic mass is 35.5. The molecule has 0 spiro atoms. The monoisotopic (exact) mass is 506 g/mol. The van der Waals surface area contributed by atoms with Crippen LogP contribution in [0.4, 0.5) is 5.69 Å². The molecule has 0 saturated carbocycles. The number of aliphatic hydroxyl groups excluding tert-OH is 1. The molecule has 0 unspecified atom stereocenters. The molecule has 0 atom stereocenters. The molecule has 184 valence electrons. The lowest BCUT2D eigenvalue weighted by atomic mass is 10.0. The highest BCUT2D eigenvalue weighted by Gasteiger charge is 2.20. The molecule has 1 amide bonds. The molecule has 1 aromatic heterocycles. The molecule has 9 nitrogen and oxygen atoms in total. The molecule has 3 aromatic carbocycles. The first-order valence-electron chi connectivity index (χ1n) is 11.4. The van der Waals surface area contributed by atoms with E-state index in [1.165, 1.54) is 0 Å². The Bertz CT molecular complexity index is 1390. The highest BCUT2D eigenvalue weighted by Crippen LogP contribution is 2.39. The maximum Gasteiger partial charge on any atom is 0.316 e. The third-order valence-corrected chi connectivity index (χ3v) is 5.92. The van der Waals surface area contributed by atoms with Crippen LogP contribution < -0.4 is 20.1 Å². The number of benzene rings is 3. The van der Waals surface area contributed by atoms with Gasteiger partial charge >= 0.3 is 11.8 Å². The van der Waals surface area contributed by atoms with Gasteiger partial charge in [-0.2, -0.15) is 4.98 Å². The van der Waals surface area contributed by atoms with Crippen molar-refractivity contribution < 1.29 is 23.9 Å². The number of rotatable bonds is 8. The van der Waals surface area contributed by atoms with E-state index in [9.17, 15) is 4.79 Å². The fourth-order valence-electron chi connectivity index (χ4n) is 3.82. The minimum Gasteiger partial charge on any atom is -0.486 e. The molecular formula is C26H23ClN4O5. The summed E-state index contributed by atoms with van der Waals surface area (Å²) in [4.78, 5) is 17.0. The fraction of sp³-hybridized carbons (Fsp3) is 0.192. The summed E-state index contributed by atoms with van der Waals surface area (Å²) in [5.74, 6) is 0.833. The van der Waals surface area contributed by atoms with Gasteiger partial charge in [0, 0.05) is 29.9 Å². The molecule has 0 aliphatic carbocycles. The lowest BCUT2D eigenvalue weighted by Gasteiger charge is -2.19. The molecule has 36 heavy (non-hydrogen) atoms. The van der Waals surface area contributed by atoms with Gasteiger partial charge in [0.25, 0.3) is 0 Å². The van der Waals surface area contributed by atoms with Crippen molar-refractivity contribution in [3.63, 3.8) is 0 Å². The van der Waals surface area contributed by atoms with Crippen LogP contribution in [-0.2, 0) is 6.54 Å². The minimum atomic E-state index is -0.534. The number of fused-ring (bicyclic) bond motifs is 1. The number of aromatic nitrogens is 2. The molecule has 3 N–H and O–H groups in total. The number of aliphatic hydroxyl groups is 1. The third kappa shape index (κ3) is 5.18. The van der Waals surface area contributed by atoms with E-state index in [-0.39, 0.29) is 18.3 Å². The van der Waals surface area contributed by atoms with Crippen LogP contribution in [0.5, 0.6) is 11.5 Å². The molecule has 0 fully saturated rings. The van der Waals surface area contributed by atoms with Crippen molar-refractivity contribution in [2.75, 3.05) is 31.7 Å². The maximum absolute atomic E-state index is 12.7. The lowest BCUT2D eigenvalue weighted by Crippen LogP contribution is -2.17. The van der Waals surface area contributed by atoms with Crippen LogP contribution in [0.3, 0.4) is 0 Å². The number of hydrogen-bond donors (Lipinski definition) is 3. The van der Waals surface area contributed by atoms with Gasteiger partial charge in [-0.25, -0.2) is 0 Å². The van der Waals surface area contributed by atoms with E-state index in [2.05, 4.69) is 20.8 Å².